The highest BCUT2D eigenvalue weighted by Gasteiger charge is 2.41. The number of halogens is 2. The number of amides is 2. The third-order valence-electron chi connectivity index (χ3n) is 6.07. The number of thiophene rings is 1. The van der Waals surface area contributed by atoms with Crippen LogP contribution in [0, 0.1) is 37.3 Å². The summed E-state index contributed by atoms with van der Waals surface area (Å²) in [6.07, 6.45) is 0.528. The summed E-state index contributed by atoms with van der Waals surface area (Å²) in [7, 11) is 0. The van der Waals surface area contributed by atoms with Crippen molar-refractivity contribution < 1.29 is 23.1 Å². The highest BCUT2D eigenvalue weighted by molar-refractivity contribution is 7.13. The van der Waals surface area contributed by atoms with Crippen molar-refractivity contribution in [3.63, 3.8) is 0 Å². The van der Waals surface area contributed by atoms with Crippen LogP contribution >= 0.6 is 11.3 Å². The lowest BCUT2D eigenvalue weighted by Gasteiger charge is -2.36. The van der Waals surface area contributed by atoms with Crippen LogP contribution in [0.3, 0.4) is 0 Å². The second kappa shape index (κ2) is 8.67. The van der Waals surface area contributed by atoms with E-state index in [0.717, 1.165) is 17.0 Å². The van der Waals surface area contributed by atoms with Crippen LogP contribution in [-0.4, -0.2) is 42.5 Å². The highest BCUT2D eigenvalue weighted by atomic mass is 32.1. The van der Waals surface area contributed by atoms with E-state index in [0.29, 0.717) is 31.1 Å². The van der Waals surface area contributed by atoms with Gasteiger partial charge in [-0.2, -0.15) is 0 Å². The summed E-state index contributed by atoms with van der Waals surface area (Å²) in [5, 5.41) is 2.91. The Bertz CT molecular complexity index is 1000. The van der Waals surface area contributed by atoms with Gasteiger partial charge in [-0.1, -0.05) is 6.92 Å². The number of likely N-dealkylation sites (tertiary alicyclic amines) is 1. The summed E-state index contributed by atoms with van der Waals surface area (Å²) in [5.41, 5.74) is 0.325. The Kier molecular flexibility index (Phi) is 6.12. The number of nitrogens with one attached hydrogen (secondary N) is 1. The maximum Gasteiger partial charge on any atom is 0.264 e. The number of nitrogens with zero attached hydrogens (tertiary/aromatic N) is 1. The molecule has 1 aromatic carbocycles. The van der Waals surface area contributed by atoms with E-state index in [2.05, 4.69) is 5.32 Å². The van der Waals surface area contributed by atoms with Gasteiger partial charge < -0.3 is 15.0 Å². The van der Waals surface area contributed by atoms with Crippen molar-refractivity contribution in [3.05, 3.63) is 56.8 Å². The first-order valence-corrected chi connectivity index (χ1v) is 11.3. The minimum Gasteiger partial charge on any atom is -0.381 e. The van der Waals surface area contributed by atoms with Crippen molar-refractivity contribution in [1.82, 2.24) is 10.2 Å². The molecule has 0 saturated carbocycles. The standard InChI is InChI=1S/C23H26F2N2O3S/c1-12-6-19(27(9-12)23(29)20-5-4-14(3)31-20)22(28)26-21(15-10-30-11-15)16-8-17(24)13(2)7-18(16)25/h4-5,7-8,12,15,19,21H,6,9-11H2,1-3H3,(H,26,28)/t12-,19-,21-/m1/s1. The number of carbonyl (C=O) groups excluding carboxylic acids is 2. The number of benzene rings is 1. The molecule has 0 aliphatic carbocycles. The van der Waals surface area contributed by atoms with Gasteiger partial charge in [-0.15, -0.1) is 11.3 Å². The molecule has 1 N–H and O–H groups in total. The Morgan fingerprint density at radius 2 is 1.94 bits per heavy atom. The van der Waals surface area contributed by atoms with E-state index in [4.69, 9.17) is 4.74 Å². The molecule has 5 nitrogen and oxygen atoms in total. The summed E-state index contributed by atoms with van der Waals surface area (Å²) in [6.45, 7) is 6.63. The minimum atomic E-state index is -0.715. The molecule has 31 heavy (non-hydrogen) atoms. The van der Waals surface area contributed by atoms with E-state index in [9.17, 15) is 18.4 Å². The van der Waals surface area contributed by atoms with E-state index < -0.39 is 23.7 Å². The normalized spacial score (nSPS) is 22.3. The maximum atomic E-state index is 14.7. The first kappa shape index (κ1) is 21.9. The Morgan fingerprint density at radius 3 is 2.55 bits per heavy atom. The SMILES string of the molecule is Cc1ccc(C(=O)N2C[C@H](C)C[C@@H]2C(=O)N[C@@H](c2cc(F)c(C)cc2F)C2COC2)s1. The summed E-state index contributed by atoms with van der Waals surface area (Å²) in [6, 6.07) is 4.60. The number of ether oxygens (including phenoxy) is 1. The Balaban J connectivity index is 1.57. The van der Waals surface area contributed by atoms with Gasteiger partial charge >= 0.3 is 0 Å². The molecule has 2 amide bonds. The number of hydrogen-bond donors (Lipinski definition) is 1. The van der Waals surface area contributed by atoms with Crippen LogP contribution in [0.5, 0.6) is 0 Å². The van der Waals surface area contributed by atoms with Gasteiger partial charge in [0.1, 0.15) is 17.7 Å². The molecule has 0 bridgehead atoms. The predicted molar refractivity (Wildman–Crippen MR) is 114 cm³/mol. The molecule has 0 spiro atoms. The average Bonchev–Trinajstić information content (AvgIpc) is 3.28. The summed E-state index contributed by atoms with van der Waals surface area (Å²) in [4.78, 5) is 29.5. The van der Waals surface area contributed by atoms with Crippen LogP contribution in [0.2, 0.25) is 0 Å². The van der Waals surface area contributed by atoms with Gasteiger partial charge in [-0.25, -0.2) is 8.78 Å². The Morgan fingerprint density at radius 1 is 1.19 bits per heavy atom. The predicted octanol–water partition coefficient (Wildman–Crippen LogP) is 4.00. The largest absolute Gasteiger partial charge is 0.381 e. The molecule has 2 aliphatic rings. The summed E-state index contributed by atoms with van der Waals surface area (Å²) < 4.78 is 34.1. The molecule has 1 aromatic heterocycles. The summed E-state index contributed by atoms with van der Waals surface area (Å²) in [5.74, 6) is -1.57. The molecule has 3 heterocycles. The fourth-order valence-electron chi connectivity index (χ4n) is 4.26. The first-order valence-electron chi connectivity index (χ1n) is 10.5. The van der Waals surface area contributed by atoms with Crippen molar-refractivity contribution >= 4 is 23.2 Å². The Hall–Kier alpha value is -2.32. The van der Waals surface area contributed by atoms with Crippen LogP contribution in [0.4, 0.5) is 8.78 Å². The van der Waals surface area contributed by atoms with E-state index in [1.165, 1.54) is 18.3 Å². The number of aryl methyl sites for hydroxylation is 2. The third-order valence-corrected chi connectivity index (χ3v) is 7.06. The highest BCUT2D eigenvalue weighted by Crippen LogP contribution is 2.33. The van der Waals surface area contributed by atoms with Crippen LogP contribution in [0.15, 0.2) is 24.3 Å². The minimum absolute atomic E-state index is 0.113. The second-order valence-electron chi connectivity index (χ2n) is 8.63. The molecule has 2 saturated heterocycles. The molecule has 2 aromatic rings. The number of carbonyl (C=O) groups is 2. The molecule has 166 valence electrons. The fraction of sp³-hybridized carbons (Fsp3) is 0.478. The summed E-state index contributed by atoms with van der Waals surface area (Å²) >= 11 is 1.40. The van der Waals surface area contributed by atoms with Gasteiger partial charge in [0.25, 0.3) is 5.91 Å². The van der Waals surface area contributed by atoms with Crippen LogP contribution < -0.4 is 5.32 Å². The molecule has 4 rings (SSSR count). The van der Waals surface area contributed by atoms with Crippen molar-refractivity contribution in [2.75, 3.05) is 19.8 Å². The lowest BCUT2D eigenvalue weighted by Crippen LogP contribution is -2.50. The van der Waals surface area contributed by atoms with E-state index in [1.54, 1.807) is 11.0 Å². The molecule has 0 radical (unpaired) electrons. The van der Waals surface area contributed by atoms with E-state index in [-0.39, 0.29) is 34.8 Å². The molecule has 3 atom stereocenters. The second-order valence-corrected chi connectivity index (χ2v) is 9.92. The number of rotatable bonds is 5. The Labute approximate surface area is 184 Å². The van der Waals surface area contributed by atoms with E-state index in [1.807, 2.05) is 19.9 Å². The van der Waals surface area contributed by atoms with Crippen molar-refractivity contribution in [2.24, 2.45) is 11.8 Å². The third kappa shape index (κ3) is 4.36. The van der Waals surface area contributed by atoms with Gasteiger partial charge in [0.2, 0.25) is 5.91 Å². The molecule has 8 heteroatoms. The van der Waals surface area contributed by atoms with Crippen LogP contribution in [0.25, 0.3) is 0 Å². The van der Waals surface area contributed by atoms with E-state index >= 15 is 0 Å². The molecular weight excluding hydrogens is 422 g/mol. The van der Waals surface area contributed by atoms with Crippen LogP contribution in [-0.2, 0) is 9.53 Å². The zero-order chi connectivity index (χ0) is 22.3. The smallest absolute Gasteiger partial charge is 0.264 e. The zero-order valence-corrected chi connectivity index (χ0v) is 18.6. The van der Waals surface area contributed by atoms with Gasteiger partial charge in [0.05, 0.1) is 24.1 Å². The van der Waals surface area contributed by atoms with Crippen molar-refractivity contribution in [3.8, 4) is 0 Å². The van der Waals surface area contributed by atoms with Gasteiger partial charge in [-0.05, 0) is 56.0 Å². The van der Waals surface area contributed by atoms with Gasteiger partial charge in [-0.3, -0.25) is 9.59 Å². The average molecular weight is 449 g/mol. The van der Waals surface area contributed by atoms with Crippen LogP contribution in [0.1, 0.15) is 45.1 Å². The monoisotopic (exact) mass is 448 g/mol. The fourth-order valence-corrected chi connectivity index (χ4v) is 5.08. The molecule has 2 fully saturated rings. The zero-order valence-electron chi connectivity index (χ0n) is 17.8. The number of hydrogen-bond acceptors (Lipinski definition) is 4. The van der Waals surface area contributed by atoms with Gasteiger partial charge in [0, 0.05) is 22.9 Å². The lowest BCUT2D eigenvalue weighted by atomic mass is 9.90. The maximum absolute atomic E-state index is 14.7. The van der Waals surface area contributed by atoms with Crippen molar-refractivity contribution in [2.45, 2.75) is 39.3 Å². The molecule has 0 unspecified atom stereocenters. The quantitative estimate of drug-likeness (QED) is 0.752. The lowest BCUT2D eigenvalue weighted by molar-refractivity contribution is -0.128. The molecule has 2 aliphatic heterocycles. The topological polar surface area (TPSA) is 58.6 Å². The van der Waals surface area contributed by atoms with Gasteiger partial charge in [0.15, 0.2) is 0 Å². The first-order chi connectivity index (χ1) is 14.7. The van der Waals surface area contributed by atoms with Crippen molar-refractivity contribution in [1.29, 1.82) is 0 Å². The molecular formula is C23H26F2N2O3S.